The molecule has 3 heterocycles. The molecule has 3 aliphatic heterocycles. The number of piperazine rings is 1. The largest absolute Gasteiger partial charge is 0.494 e. The third-order valence-corrected chi connectivity index (χ3v) is 7.56. The van der Waals surface area contributed by atoms with Gasteiger partial charge < -0.3 is 14.5 Å². The molecule has 3 aliphatic rings. The summed E-state index contributed by atoms with van der Waals surface area (Å²) in [5.74, 6) is 1.90. The highest BCUT2D eigenvalue weighted by Crippen LogP contribution is 2.47. The smallest absolute Gasteiger partial charge is 0.246 e. The lowest BCUT2D eigenvalue weighted by Crippen LogP contribution is -2.56. The van der Waals surface area contributed by atoms with Crippen molar-refractivity contribution in [2.24, 2.45) is 0 Å². The Morgan fingerprint density at radius 3 is 2.61 bits per heavy atom. The molecule has 0 aliphatic carbocycles. The standard InChI is InChI=1S/C21H29N3O3S/c1-3-27-17-6-4-16(5-7-17)14-22-10-12-23(13-11-22)20(26)18-15-28-21(2)9-8-19(25)24(18)21/h4-7,18H,3,8-15H2,1-2H3/t18-,21+/m1/s1. The monoisotopic (exact) mass is 403 g/mol. The molecule has 0 N–H and O–H groups in total. The second kappa shape index (κ2) is 7.95. The number of amides is 2. The average Bonchev–Trinajstić information content (AvgIpc) is 3.19. The SMILES string of the molecule is CCOc1ccc(CN2CCN(C(=O)[C@H]3CS[C@@]4(C)CCC(=O)N34)CC2)cc1. The van der Waals surface area contributed by atoms with E-state index in [1.807, 2.05) is 28.9 Å². The van der Waals surface area contributed by atoms with Crippen LogP contribution < -0.4 is 4.74 Å². The van der Waals surface area contributed by atoms with E-state index in [0.717, 1.165) is 50.6 Å². The maximum Gasteiger partial charge on any atom is 0.246 e. The molecule has 0 saturated carbocycles. The van der Waals surface area contributed by atoms with Crippen LogP contribution in [0.25, 0.3) is 0 Å². The summed E-state index contributed by atoms with van der Waals surface area (Å²) in [5, 5.41) is 0. The van der Waals surface area contributed by atoms with Crippen LogP contribution in [0.1, 0.15) is 32.3 Å². The predicted molar refractivity (Wildman–Crippen MR) is 110 cm³/mol. The van der Waals surface area contributed by atoms with Gasteiger partial charge in [-0.05, 0) is 38.0 Å². The Balaban J connectivity index is 1.30. The fraction of sp³-hybridized carbons (Fsp3) is 0.619. The molecule has 0 aromatic heterocycles. The zero-order valence-electron chi connectivity index (χ0n) is 16.7. The number of rotatable bonds is 5. The highest BCUT2D eigenvalue weighted by Gasteiger charge is 2.53. The minimum Gasteiger partial charge on any atom is -0.494 e. The van der Waals surface area contributed by atoms with E-state index in [4.69, 9.17) is 4.74 Å². The maximum absolute atomic E-state index is 13.1. The summed E-state index contributed by atoms with van der Waals surface area (Å²) < 4.78 is 5.50. The quantitative estimate of drug-likeness (QED) is 0.754. The van der Waals surface area contributed by atoms with Crippen molar-refractivity contribution in [3.8, 4) is 5.75 Å². The Morgan fingerprint density at radius 2 is 1.93 bits per heavy atom. The minimum atomic E-state index is -0.275. The third kappa shape index (κ3) is 3.74. The lowest BCUT2D eigenvalue weighted by molar-refractivity contribution is -0.144. The van der Waals surface area contributed by atoms with Gasteiger partial charge in [0.25, 0.3) is 0 Å². The van der Waals surface area contributed by atoms with Crippen molar-refractivity contribution in [1.82, 2.24) is 14.7 Å². The molecule has 0 spiro atoms. The van der Waals surface area contributed by atoms with Gasteiger partial charge in [-0.15, -0.1) is 11.8 Å². The molecular weight excluding hydrogens is 374 g/mol. The van der Waals surface area contributed by atoms with Gasteiger partial charge in [-0.3, -0.25) is 14.5 Å². The van der Waals surface area contributed by atoms with Gasteiger partial charge in [-0.2, -0.15) is 0 Å². The van der Waals surface area contributed by atoms with E-state index in [9.17, 15) is 9.59 Å². The molecular formula is C21H29N3O3S. The lowest BCUT2D eigenvalue weighted by Gasteiger charge is -2.38. The van der Waals surface area contributed by atoms with E-state index in [1.54, 1.807) is 11.8 Å². The number of hydrogen-bond acceptors (Lipinski definition) is 5. The van der Waals surface area contributed by atoms with Gasteiger partial charge in [-0.1, -0.05) is 12.1 Å². The molecule has 4 rings (SSSR count). The van der Waals surface area contributed by atoms with Gasteiger partial charge in [0.15, 0.2) is 0 Å². The molecule has 3 saturated heterocycles. The van der Waals surface area contributed by atoms with Gasteiger partial charge in [0, 0.05) is 44.9 Å². The molecule has 2 amide bonds. The summed E-state index contributed by atoms with van der Waals surface area (Å²) in [5.41, 5.74) is 1.26. The van der Waals surface area contributed by atoms with Crippen LogP contribution in [0.5, 0.6) is 5.75 Å². The van der Waals surface area contributed by atoms with E-state index in [2.05, 4.69) is 24.0 Å². The normalized spacial score (nSPS) is 27.9. The molecule has 7 heteroatoms. The number of ether oxygens (including phenoxy) is 1. The number of benzene rings is 1. The molecule has 3 fully saturated rings. The summed E-state index contributed by atoms with van der Waals surface area (Å²) >= 11 is 1.76. The topological polar surface area (TPSA) is 53.1 Å². The number of nitrogens with zero attached hydrogens (tertiary/aromatic N) is 3. The van der Waals surface area contributed by atoms with Gasteiger partial charge in [0.1, 0.15) is 11.8 Å². The van der Waals surface area contributed by atoms with E-state index in [-0.39, 0.29) is 22.7 Å². The number of fused-ring (bicyclic) bond motifs is 1. The summed E-state index contributed by atoms with van der Waals surface area (Å²) in [4.78, 5) is 31.4. The first-order chi connectivity index (χ1) is 13.5. The van der Waals surface area contributed by atoms with Crippen LogP contribution in [0.4, 0.5) is 0 Å². The van der Waals surface area contributed by atoms with Crippen molar-refractivity contribution < 1.29 is 14.3 Å². The summed E-state index contributed by atoms with van der Waals surface area (Å²) in [6.07, 6.45) is 1.43. The number of carbonyl (C=O) groups is 2. The summed E-state index contributed by atoms with van der Waals surface area (Å²) in [7, 11) is 0. The Hall–Kier alpha value is -1.73. The third-order valence-electron chi connectivity index (χ3n) is 6.05. The van der Waals surface area contributed by atoms with Gasteiger partial charge in [-0.25, -0.2) is 0 Å². The molecule has 2 atom stereocenters. The van der Waals surface area contributed by atoms with Crippen molar-refractivity contribution in [1.29, 1.82) is 0 Å². The first-order valence-electron chi connectivity index (χ1n) is 10.2. The minimum absolute atomic E-state index is 0.132. The fourth-order valence-electron chi connectivity index (χ4n) is 4.46. The van der Waals surface area contributed by atoms with Crippen LogP contribution in [0, 0.1) is 0 Å². The fourth-order valence-corrected chi connectivity index (χ4v) is 5.88. The molecule has 6 nitrogen and oxygen atoms in total. The second-order valence-electron chi connectivity index (χ2n) is 7.94. The lowest BCUT2D eigenvalue weighted by atomic mass is 10.1. The van der Waals surface area contributed by atoms with Crippen molar-refractivity contribution in [3.05, 3.63) is 29.8 Å². The van der Waals surface area contributed by atoms with Crippen molar-refractivity contribution in [2.45, 2.75) is 44.1 Å². The van der Waals surface area contributed by atoms with Crippen LogP contribution in [0.15, 0.2) is 24.3 Å². The van der Waals surface area contributed by atoms with Crippen LogP contribution in [0.2, 0.25) is 0 Å². The predicted octanol–water partition coefficient (Wildman–Crippen LogP) is 2.18. The van der Waals surface area contributed by atoms with Crippen LogP contribution in [-0.4, -0.2) is 76.0 Å². The Bertz CT molecular complexity index is 733. The summed E-state index contributed by atoms with van der Waals surface area (Å²) in [6.45, 7) is 8.84. The van der Waals surface area contributed by atoms with E-state index >= 15 is 0 Å². The van der Waals surface area contributed by atoms with E-state index in [1.165, 1.54) is 5.56 Å². The van der Waals surface area contributed by atoms with Crippen LogP contribution in [-0.2, 0) is 16.1 Å². The highest BCUT2D eigenvalue weighted by molar-refractivity contribution is 8.01. The van der Waals surface area contributed by atoms with Crippen LogP contribution >= 0.6 is 11.8 Å². The molecule has 0 unspecified atom stereocenters. The van der Waals surface area contributed by atoms with E-state index < -0.39 is 0 Å². The Morgan fingerprint density at radius 1 is 1.21 bits per heavy atom. The molecule has 28 heavy (non-hydrogen) atoms. The first kappa shape index (κ1) is 19.6. The molecule has 0 radical (unpaired) electrons. The Kier molecular flexibility index (Phi) is 5.56. The Labute approximate surface area is 171 Å². The second-order valence-corrected chi connectivity index (χ2v) is 9.45. The van der Waals surface area contributed by atoms with Crippen molar-refractivity contribution in [3.63, 3.8) is 0 Å². The van der Waals surface area contributed by atoms with E-state index in [0.29, 0.717) is 13.0 Å². The van der Waals surface area contributed by atoms with Crippen molar-refractivity contribution >= 4 is 23.6 Å². The summed E-state index contributed by atoms with van der Waals surface area (Å²) in [6, 6.07) is 7.97. The molecule has 1 aromatic carbocycles. The van der Waals surface area contributed by atoms with Gasteiger partial charge >= 0.3 is 0 Å². The molecule has 152 valence electrons. The first-order valence-corrected chi connectivity index (χ1v) is 11.2. The molecule has 0 bridgehead atoms. The highest BCUT2D eigenvalue weighted by atomic mass is 32.2. The zero-order chi connectivity index (χ0) is 19.7. The molecule has 1 aromatic rings. The van der Waals surface area contributed by atoms with Crippen LogP contribution in [0.3, 0.4) is 0 Å². The van der Waals surface area contributed by atoms with Crippen molar-refractivity contribution in [2.75, 3.05) is 38.5 Å². The van der Waals surface area contributed by atoms with Gasteiger partial charge in [0.05, 0.1) is 11.5 Å². The maximum atomic E-state index is 13.1. The number of hydrogen-bond donors (Lipinski definition) is 0. The van der Waals surface area contributed by atoms with Gasteiger partial charge in [0.2, 0.25) is 11.8 Å². The number of carbonyl (C=O) groups excluding carboxylic acids is 2. The average molecular weight is 404 g/mol. The number of thioether (sulfide) groups is 1. The zero-order valence-corrected chi connectivity index (χ0v) is 17.5.